The van der Waals surface area contributed by atoms with Crippen molar-refractivity contribution in [2.24, 2.45) is 5.73 Å². The molecule has 0 bridgehead atoms. The number of nitrogens with one attached hydrogen (secondary N) is 1. The van der Waals surface area contributed by atoms with Crippen LogP contribution in [0.15, 0.2) is 11.4 Å². The lowest BCUT2D eigenvalue weighted by Gasteiger charge is -2.33. The first-order chi connectivity index (χ1) is 11.5. The number of carbonyl (C=O) groups is 1. The highest BCUT2D eigenvalue weighted by Gasteiger charge is 2.23. The quantitative estimate of drug-likeness (QED) is 0.869. The van der Waals surface area contributed by atoms with Crippen LogP contribution in [0, 0.1) is 13.8 Å². The van der Waals surface area contributed by atoms with Crippen molar-refractivity contribution in [2.45, 2.75) is 39.3 Å². The zero-order valence-electron chi connectivity index (χ0n) is 14.0. The normalized spacial score (nSPS) is 15.5. The Labute approximate surface area is 145 Å². The Hall–Kier alpha value is -2.06. The molecule has 0 atom stereocenters. The molecular weight excluding hydrogens is 324 g/mol. The number of nitrogens with zero attached hydrogens (tertiary/aromatic N) is 4. The van der Waals surface area contributed by atoms with Gasteiger partial charge in [-0.15, -0.1) is 11.3 Å². The van der Waals surface area contributed by atoms with Crippen molar-refractivity contribution >= 4 is 23.1 Å². The summed E-state index contributed by atoms with van der Waals surface area (Å²) >= 11 is 1.42. The minimum Gasteiger partial charge on any atom is -0.356 e. The van der Waals surface area contributed by atoms with Crippen LogP contribution in [-0.4, -0.2) is 40.0 Å². The first kappa shape index (κ1) is 16.8. The largest absolute Gasteiger partial charge is 0.356 e. The average molecular weight is 346 g/mol. The highest BCUT2D eigenvalue weighted by molar-refractivity contribution is 7.09. The summed E-state index contributed by atoms with van der Waals surface area (Å²) < 4.78 is 0. The Morgan fingerprint density at radius 2 is 2.08 bits per heavy atom. The molecule has 7 nitrogen and oxygen atoms in total. The molecule has 1 fully saturated rings. The van der Waals surface area contributed by atoms with E-state index >= 15 is 0 Å². The summed E-state index contributed by atoms with van der Waals surface area (Å²) in [5, 5.41) is 5.62. The van der Waals surface area contributed by atoms with Crippen molar-refractivity contribution in [3.8, 4) is 0 Å². The van der Waals surface area contributed by atoms with Crippen molar-refractivity contribution in [2.75, 3.05) is 18.0 Å². The van der Waals surface area contributed by atoms with Gasteiger partial charge in [-0.3, -0.25) is 4.79 Å². The van der Waals surface area contributed by atoms with Crippen molar-refractivity contribution in [1.29, 1.82) is 0 Å². The summed E-state index contributed by atoms with van der Waals surface area (Å²) in [4.78, 5) is 27.5. The topological polar surface area (TPSA) is 97.0 Å². The van der Waals surface area contributed by atoms with Gasteiger partial charge < -0.3 is 16.0 Å². The van der Waals surface area contributed by atoms with Crippen LogP contribution in [0.3, 0.4) is 0 Å². The summed E-state index contributed by atoms with van der Waals surface area (Å²) in [6.45, 7) is 5.99. The number of thiazole rings is 1. The monoisotopic (exact) mass is 346 g/mol. The lowest BCUT2D eigenvalue weighted by atomic mass is 10.0. The molecule has 1 aliphatic rings. The molecule has 128 valence electrons. The standard InChI is InChI=1S/C16H22N6OS/c1-10-7-14(19-11(2)18-10)22-5-3-12(4-6-22)20-16(23)13-9-24-15(8-17)21-13/h7,9,12H,3-6,8,17H2,1-2H3,(H,20,23). The minimum atomic E-state index is -0.113. The number of amides is 1. The van der Waals surface area contributed by atoms with Gasteiger partial charge in [-0.1, -0.05) is 0 Å². The van der Waals surface area contributed by atoms with E-state index in [1.54, 1.807) is 5.38 Å². The van der Waals surface area contributed by atoms with Crippen molar-refractivity contribution < 1.29 is 4.79 Å². The third kappa shape index (κ3) is 3.88. The number of carbonyl (C=O) groups excluding carboxylic acids is 1. The number of aryl methyl sites for hydroxylation is 2. The first-order valence-electron chi connectivity index (χ1n) is 8.07. The fraction of sp³-hybridized carbons (Fsp3) is 0.500. The van der Waals surface area contributed by atoms with E-state index < -0.39 is 0 Å². The van der Waals surface area contributed by atoms with E-state index in [0.29, 0.717) is 12.2 Å². The fourth-order valence-corrected chi connectivity index (χ4v) is 3.54. The summed E-state index contributed by atoms with van der Waals surface area (Å²) in [6.07, 6.45) is 1.78. The molecule has 8 heteroatoms. The van der Waals surface area contributed by atoms with Crippen LogP contribution in [0.1, 0.15) is 39.9 Å². The number of aromatic nitrogens is 3. The van der Waals surface area contributed by atoms with E-state index in [1.807, 2.05) is 19.9 Å². The van der Waals surface area contributed by atoms with Gasteiger partial charge >= 0.3 is 0 Å². The summed E-state index contributed by atoms with van der Waals surface area (Å²) in [5.74, 6) is 1.65. The molecule has 3 N–H and O–H groups in total. The highest BCUT2D eigenvalue weighted by Crippen LogP contribution is 2.19. The van der Waals surface area contributed by atoms with E-state index in [1.165, 1.54) is 11.3 Å². The number of anilines is 1. The lowest BCUT2D eigenvalue weighted by molar-refractivity contribution is 0.0926. The van der Waals surface area contributed by atoms with E-state index in [-0.39, 0.29) is 11.9 Å². The van der Waals surface area contributed by atoms with Gasteiger partial charge in [-0.2, -0.15) is 0 Å². The predicted molar refractivity (Wildman–Crippen MR) is 94.2 cm³/mol. The molecule has 2 aromatic heterocycles. The van der Waals surface area contributed by atoms with Crippen LogP contribution in [0.25, 0.3) is 0 Å². The molecule has 3 heterocycles. The number of hydrogen-bond donors (Lipinski definition) is 2. The van der Waals surface area contributed by atoms with Gasteiger partial charge in [0, 0.05) is 42.8 Å². The third-order valence-corrected chi connectivity index (χ3v) is 4.94. The number of hydrogen-bond acceptors (Lipinski definition) is 7. The second-order valence-electron chi connectivity index (χ2n) is 5.98. The van der Waals surface area contributed by atoms with Crippen LogP contribution in [0.2, 0.25) is 0 Å². The summed E-state index contributed by atoms with van der Waals surface area (Å²) in [5.41, 5.74) is 6.98. The van der Waals surface area contributed by atoms with Gasteiger partial charge in [0.1, 0.15) is 22.3 Å². The molecule has 3 rings (SSSR count). The molecule has 0 spiro atoms. The zero-order valence-corrected chi connectivity index (χ0v) is 14.8. The van der Waals surface area contributed by atoms with Crippen LogP contribution < -0.4 is 16.0 Å². The Balaban J connectivity index is 1.56. The second kappa shape index (κ2) is 7.23. The SMILES string of the molecule is Cc1cc(N2CCC(NC(=O)c3csc(CN)n3)CC2)nc(C)n1. The molecule has 1 saturated heterocycles. The Kier molecular flexibility index (Phi) is 5.06. The molecule has 1 amide bonds. The molecule has 0 aromatic carbocycles. The number of nitrogens with two attached hydrogens (primary N) is 1. The van der Waals surface area contributed by atoms with Gasteiger partial charge in [-0.25, -0.2) is 15.0 Å². The third-order valence-electron chi connectivity index (χ3n) is 4.07. The number of piperidine rings is 1. The van der Waals surface area contributed by atoms with Gasteiger partial charge in [0.25, 0.3) is 5.91 Å². The van der Waals surface area contributed by atoms with Crippen LogP contribution in [-0.2, 0) is 6.54 Å². The molecular formula is C16H22N6OS. The van der Waals surface area contributed by atoms with E-state index in [4.69, 9.17) is 5.73 Å². The van der Waals surface area contributed by atoms with Gasteiger partial charge in [-0.05, 0) is 26.7 Å². The van der Waals surface area contributed by atoms with Crippen LogP contribution >= 0.6 is 11.3 Å². The summed E-state index contributed by atoms with van der Waals surface area (Å²) in [7, 11) is 0. The predicted octanol–water partition coefficient (Wildman–Crippen LogP) is 1.41. The van der Waals surface area contributed by atoms with Gasteiger partial charge in [0.15, 0.2) is 0 Å². The number of rotatable bonds is 4. The van der Waals surface area contributed by atoms with Crippen molar-refractivity contribution in [1.82, 2.24) is 20.3 Å². The van der Waals surface area contributed by atoms with Crippen LogP contribution in [0.4, 0.5) is 5.82 Å². The van der Waals surface area contributed by atoms with Crippen molar-refractivity contribution in [3.05, 3.63) is 33.7 Å². The zero-order chi connectivity index (χ0) is 17.1. The van der Waals surface area contributed by atoms with Crippen molar-refractivity contribution in [3.63, 3.8) is 0 Å². The maximum absolute atomic E-state index is 12.2. The molecule has 0 aliphatic carbocycles. The van der Waals surface area contributed by atoms with E-state index in [0.717, 1.165) is 48.3 Å². The molecule has 0 saturated carbocycles. The highest BCUT2D eigenvalue weighted by atomic mass is 32.1. The second-order valence-corrected chi connectivity index (χ2v) is 6.92. The molecule has 0 unspecified atom stereocenters. The molecule has 2 aromatic rings. The van der Waals surface area contributed by atoms with Gasteiger partial charge in [0.2, 0.25) is 0 Å². The van der Waals surface area contributed by atoms with Gasteiger partial charge in [0.05, 0.1) is 0 Å². The fourth-order valence-electron chi connectivity index (χ4n) is 2.88. The Morgan fingerprint density at radius 1 is 1.33 bits per heavy atom. The lowest BCUT2D eigenvalue weighted by Crippen LogP contribution is -2.45. The smallest absolute Gasteiger partial charge is 0.270 e. The first-order valence-corrected chi connectivity index (χ1v) is 8.95. The minimum absolute atomic E-state index is 0.113. The summed E-state index contributed by atoms with van der Waals surface area (Å²) in [6, 6.07) is 2.18. The Bertz CT molecular complexity index is 703. The average Bonchev–Trinajstić information content (AvgIpc) is 3.04. The van der Waals surface area contributed by atoms with E-state index in [2.05, 4.69) is 25.2 Å². The Morgan fingerprint density at radius 3 is 2.71 bits per heavy atom. The molecule has 1 aliphatic heterocycles. The maximum atomic E-state index is 12.2. The molecule has 0 radical (unpaired) electrons. The van der Waals surface area contributed by atoms with Crippen LogP contribution in [0.5, 0.6) is 0 Å². The van der Waals surface area contributed by atoms with E-state index in [9.17, 15) is 4.79 Å². The molecule has 24 heavy (non-hydrogen) atoms. The maximum Gasteiger partial charge on any atom is 0.270 e.